The number of pyridine rings is 1. The van der Waals surface area contributed by atoms with Gasteiger partial charge in [-0.3, -0.25) is 0 Å². The van der Waals surface area contributed by atoms with E-state index >= 15 is 0 Å². The molecule has 380 valence electrons. The first-order valence-electron chi connectivity index (χ1n) is 27.8. The summed E-state index contributed by atoms with van der Waals surface area (Å²) < 4.78 is 43.9. The number of nitrogens with zero attached hydrogens (tertiary/aromatic N) is 4. The molecule has 7 aromatic carbocycles. The van der Waals surface area contributed by atoms with Crippen LogP contribution in [0.2, 0.25) is 0 Å². The van der Waals surface area contributed by atoms with Crippen molar-refractivity contribution < 1.29 is 31.3 Å². The number of para-hydroxylation sites is 3. The molecule has 0 bridgehead atoms. The van der Waals surface area contributed by atoms with Crippen LogP contribution in [0.25, 0.3) is 49.9 Å². The van der Waals surface area contributed by atoms with Crippen molar-refractivity contribution in [2.75, 3.05) is 9.80 Å². The summed E-state index contributed by atoms with van der Waals surface area (Å²) in [6.07, 6.45) is 4.02. The largest absolute Gasteiger partial charge is 0.509 e. The summed E-state index contributed by atoms with van der Waals surface area (Å²) in [5.41, 5.74) is 15.6. The van der Waals surface area contributed by atoms with E-state index in [0.717, 1.165) is 52.3 Å². The van der Waals surface area contributed by atoms with Crippen molar-refractivity contribution in [1.29, 1.82) is 0 Å². The topological polar surface area (TPSA) is 33.5 Å². The number of anilines is 4. The Hall–Kier alpha value is -6.42. The molecule has 6 heteroatoms. The summed E-state index contributed by atoms with van der Waals surface area (Å²) in [6, 6.07) is 49.6. The minimum Gasteiger partial charge on any atom is -0.509 e. The standard InChI is InChI=1S/C68H69N4O.Pt/c1-64(2,3)46-28-25-44(26-29-46)54-38-48(66(7,8)9)39-55(45-27-32-56-57(37-45)68(12,13)35-34-67(56,10)11)63(54)71-43-70(59-23-16-17-24-60(59)71)49-19-18-20-50(41-49)73-51-30-31-53-52-21-14-15-22-58(52)72(61(53)42-51)62-40-47(33-36-69-62)65(4,5)6;/h14-33,36-40,43H,34-35H2,1-13H3;/q-3;/i14D,15D,21D,22D;. The molecule has 0 radical (unpaired) electrons. The van der Waals surface area contributed by atoms with Crippen LogP contribution in [-0.4, -0.2) is 9.55 Å². The van der Waals surface area contributed by atoms with Crippen molar-refractivity contribution >= 4 is 44.6 Å². The Morgan fingerprint density at radius 1 is 0.581 bits per heavy atom. The maximum atomic E-state index is 9.12. The van der Waals surface area contributed by atoms with Gasteiger partial charge in [0.2, 0.25) is 0 Å². The van der Waals surface area contributed by atoms with E-state index in [0.29, 0.717) is 39.1 Å². The second kappa shape index (κ2) is 18.4. The predicted molar refractivity (Wildman–Crippen MR) is 306 cm³/mol. The molecule has 0 N–H and O–H groups in total. The molecule has 74 heavy (non-hydrogen) atoms. The van der Waals surface area contributed by atoms with Crippen molar-refractivity contribution in [2.24, 2.45) is 0 Å². The molecular formula is C68H69N4OPt-3. The molecule has 0 unspecified atom stereocenters. The maximum absolute atomic E-state index is 9.12. The van der Waals surface area contributed by atoms with Gasteiger partial charge >= 0.3 is 0 Å². The van der Waals surface area contributed by atoms with Gasteiger partial charge in [0.25, 0.3) is 0 Å². The number of rotatable bonds is 7. The average molecular weight is 1160 g/mol. The fraction of sp³-hybridized carbons (Fsp3) is 0.294. The fourth-order valence-electron chi connectivity index (χ4n) is 10.8. The van der Waals surface area contributed by atoms with Crippen LogP contribution < -0.4 is 14.5 Å². The molecule has 3 heterocycles. The Bertz CT molecular complexity index is 3840. The second-order valence-corrected chi connectivity index (χ2v) is 24.7. The second-order valence-electron chi connectivity index (χ2n) is 24.7. The van der Waals surface area contributed by atoms with Gasteiger partial charge in [-0.15, -0.1) is 48.1 Å². The van der Waals surface area contributed by atoms with Crippen molar-refractivity contribution in [3.63, 3.8) is 0 Å². The quantitative estimate of drug-likeness (QED) is 0.149. The smallest absolute Gasteiger partial charge is 0.135 e. The van der Waals surface area contributed by atoms with Gasteiger partial charge in [0.15, 0.2) is 0 Å². The average Bonchev–Trinajstić information content (AvgIpc) is 4.13. The fourth-order valence-corrected chi connectivity index (χ4v) is 10.8. The van der Waals surface area contributed by atoms with Gasteiger partial charge in [-0.1, -0.05) is 168 Å². The molecule has 0 spiro atoms. The molecule has 11 rings (SSSR count). The van der Waals surface area contributed by atoms with Crippen LogP contribution in [0.4, 0.5) is 22.7 Å². The third-order valence-corrected chi connectivity index (χ3v) is 15.4. The molecule has 2 aromatic heterocycles. The first-order valence-corrected chi connectivity index (χ1v) is 25.8. The monoisotopic (exact) mass is 1160 g/mol. The van der Waals surface area contributed by atoms with Gasteiger partial charge in [0.1, 0.15) is 5.82 Å². The van der Waals surface area contributed by atoms with E-state index < -0.39 is 0 Å². The van der Waals surface area contributed by atoms with E-state index in [2.05, 4.69) is 197 Å². The summed E-state index contributed by atoms with van der Waals surface area (Å²) in [5.74, 6) is 1.39. The van der Waals surface area contributed by atoms with Crippen LogP contribution in [0.3, 0.4) is 0 Å². The minimum atomic E-state index is -0.309. The van der Waals surface area contributed by atoms with Crippen LogP contribution in [0.5, 0.6) is 11.5 Å². The first kappa shape index (κ1) is 46.1. The molecule has 2 aliphatic rings. The Balaban J connectivity index is 0.00000688. The molecule has 0 saturated heterocycles. The third-order valence-electron chi connectivity index (χ3n) is 15.4. The third kappa shape index (κ3) is 9.18. The Kier molecular flexibility index (Phi) is 11.5. The summed E-state index contributed by atoms with van der Waals surface area (Å²) >= 11 is 0. The van der Waals surface area contributed by atoms with Gasteiger partial charge in [0.05, 0.1) is 5.48 Å². The Labute approximate surface area is 460 Å². The van der Waals surface area contributed by atoms with E-state index in [1.165, 1.54) is 33.4 Å². The number of aromatic nitrogens is 2. The van der Waals surface area contributed by atoms with Gasteiger partial charge in [0, 0.05) is 72.5 Å². The van der Waals surface area contributed by atoms with Crippen LogP contribution in [-0.2, 0) is 48.1 Å². The number of hydrogen-bond donors (Lipinski definition) is 0. The Morgan fingerprint density at radius 3 is 1.89 bits per heavy atom. The number of benzene rings is 7. The molecule has 0 saturated carbocycles. The van der Waals surface area contributed by atoms with Gasteiger partial charge in [-0.2, -0.15) is 12.1 Å². The minimum absolute atomic E-state index is 0. The predicted octanol–water partition coefficient (Wildman–Crippen LogP) is 18.6. The number of ether oxygens (including phenoxy) is 1. The number of fused-ring (bicyclic) bond motifs is 5. The van der Waals surface area contributed by atoms with Crippen molar-refractivity contribution in [2.45, 2.75) is 130 Å². The summed E-state index contributed by atoms with van der Waals surface area (Å²) in [5, 5.41) is 1.02. The summed E-state index contributed by atoms with van der Waals surface area (Å²) in [6.45, 7) is 31.9. The molecule has 1 aliphatic heterocycles. The maximum Gasteiger partial charge on any atom is 0.135 e. The molecule has 5 nitrogen and oxygen atoms in total. The van der Waals surface area contributed by atoms with E-state index in [-0.39, 0.29) is 72.3 Å². The van der Waals surface area contributed by atoms with Crippen molar-refractivity contribution in [1.82, 2.24) is 9.55 Å². The van der Waals surface area contributed by atoms with E-state index in [1.54, 1.807) is 16.8 Å². The molecule has 0 amide bonds. The summed E-state index contributed by atoms with van der Waals surface area (Å²) in [7, 11) is 0. The first-order chi connectivity index (χ1) is 36.2. The molecule has 1 aliphatic carbocycles. The van der Waals surface area contributed by atoms with Gasteiger partial charge in [-0.25, -0.2) is 4.98 Å². The normalized spacial score (nSPS) is 16.0. The van der Waals surface area contributed by atoms with Crippen LogP contribution in [0.15, 0.2) is 152 Å². The van der Waals surface area contributed by atoms with Crippen LogP contribution in [0.1, 0.15) is 136 Å². The van der Waals surface area contributed by atoms with Crippen molar-refractivity contribution in [3.05, 3.63) is 198 Å². The van der Waals surface area contributed by atoms with E-state index in [9.17, 15) is 0 Å². The van der Waals surface area contributed by atoms with Crippen LogP contribution >= 0.6 is 0 Å². The van der Waals surface area contributed by atoms with Crippen LogP contribution in [0, 0.1) is 18.8 Å². The molecule has 9 aromatic rings. The van der Waals surface area contributed by atoms with Gasteiger partial charge in [-0.05, 0) is 127 Å². The van der Waals surface area contributed by atoms with E-state index in [1.807, 2.05) is 36.4 Å². The summed E-state index contributed by atoms with van der Waals surface area (Å²) in [4.78, 5) is 9.32. The Morgan fingerprint density at radius 2 is 1.20 bits per heavy atom. The van der Waals surface area contributed by atoms with Gasteiger partial charge < -0.3 is 19.1 Å². The van der Waals surface area contributed by atoms with Crippen molar-refractivity contribution in [3.8, 4) is 39.6 Å². The molecule has 0 fully saturated rings. The SMILES string of the molecule is [2H]c1c([2H])c([2H])c2c(c1[2H])c1ccc(Oc3[c-]c(N4[CH-]N(c5c(-c6ccc(C(C)(C)C)cc6)cc(C(C)(C)C)cc5-c5ccc6c(c5)C(C)(C)CCC6(C)C)c5ccccc54)ccc3)[c-]c1n2-c1cc(C(C)(C)C)ccn1.[Pt]. The molecule has 0 atom stereocenters. The zero-order valence-corrected chi connectivity index (χ0v) is 47.4. The zero-order valence-electron chi connectivity index (χ0n) is 49.1. The zero-order chi connectivity index (χ0) is 54.9. The number of hydrogen-bond acceptors (Lipinski definition) is 4. The van der Waals surface area contributed by atoms with E-state index in [4.69, 9.17) is 15.2 Å². The molecular weight excluding hydrogens is 1080 g/mol.